The van der Waals surface area contributed by atoms with Crippen LogP contribution in [0.25, 0.3) is 0 Å². The van der Waals surface area contributed by atoms with Gasteiger partial charge in [0.1, 0.15) is 4.47 Å². The second kappa shape index (κ2) is 6.49. The molecule has 8 heteroatoms. The fourth-order valence-corrected chi connectivity index (χ4v) is 2.29. The van der Waals surface area contributed by atoms with Gasteiger partial charge in [-0.25, -0.2) is 4.68 Å². The zero-order chi connectivity index (χ0) is 15.4. The largest absolute Gasteiger partial charge is 0.378 e. The Bertz CT molecular complexity index is 730. The number of rotatable bonds is 5. The number of nitrogens with one attached hydrogen (secondary N) is 1. The molecule has 110 valence electrons. The summed E-state index contributed by atoms with van der Waals surface area (Å²) < 4.78 is 1.68. The van der Waals surface area contributed by atoms with Crippen molar-refractivity contribution >= 4 is 27.3 Å². The lowest BCUT2D eigenvalue weighted by molar-refractivity contribution is -0.385. The molecule has 0 radical (unpaired) electrons. The van der Waals surface area contributed by atoms with E-state index in [0.717, 1.165) is 0 Å². The molecule has 0 fully saturated rings. The van der Waals surface area contributed by atoms with Crippen LogP contribution >= 0.6 is 15.9 Å². The first-order valence-electron chi connectivity index (χ1n) is 6.26. The molecular formula is C13H13BrN4O3. The topological polar surface area (TPSA) is 90.1 Å². The Morgan fingerprint density at radius 2 is 2.14 bits per heavy atom. The summed E-state index contributed by atoms with van der Waals surface area (Å²) in [5, 5.41) is 17.9. The Morgan fingerprint density at radius 3 is 2.81 bits per heavy atom. The maximum Gasteiger partial charge on any atom is 0.283 e. The van der Waals surface area contributed by atoms with Crippen molar-refractivity contribution in [3.63, 3.8) is 0 Å². The van der Waals surface area contributed by atoms with Gasteiger partial charge in [0.25, 0.3) is 11.2 Å². The first kappa shape index (κ1) is 15.2. The standard InChI is InChI=1S/C13H13BrN4O3/c1-2-17-13(19)12(14)10(8-16-17)15-7-9-5-3-4-6-11(9)18(20)21/h3-6,8,15H,2,7H2,1H3. The van der Waals surface area contributed by atoms with Gasteiger partial charge in [-0.2, -0.15) is 5.10 Å². The van der Waals surface area contributed by atoms with Crippen molar-refractivity contribution in [2.24, 2.45) is 0 Å². The third kappa shape index (κ3) is 3.27. The predicted octanol–water partition coefficient (Wildman–Crippen LogP) is 2.55. The molecule has 0 amide bonds. The van der Waals surface area contributed by atoms with Crippen LogP contribution in [0.1, 0.15) is 12.5 Å². The molecule has 21 heavy (non-hydrogen) atoms. The zero-order valence-electron chi connectivity index (χ0n) is 11.2. The van der Waals surface area contributed by atoms with Crippen molar-refractivity contribution in [2.45, 2.75) is 20.0 Å². The van der Waals surface area contributed by atoms with Crippen molar-refractivity contribution in [1.29, 1.82) is 0 Å². The van der Waals surface area contributed by atoms with E-state index >= 15 is 0 Å². The molecule has 0 unspecified atom stereocenters. The highest BCUT2D eigenvalue weighted by molar-refractivity contribution is 9.10. The molecule has 1 N–H and O–H groups in total. The van der Waals surface area contributed by atoms with Crippen molar-refractivity contribution in [3.05, 3.63) is 61.0 Å². The van der Waals surface area contributed by atoms with E-state index in [0.29, 0.717) is 22.3 Å². The number of nitro groups is 1. The van der Waals surface area contributed by atoms with Crippen LogP contribution in [0.3, 0.4) is 0 Å². The Kier molecular flexibility index (Phi) is 4.69. The highest BCUT2D eigenvalue weighted by atomic mass is 79.9. The van der Waals surface area contributed by atoms with Gasteiger partial charge in [0, 0.05) is 24.7 Å². The maximum atomic E-state index is 11.9. The van der Waals surface area contributed by atoms with Crippen LogP contribution in [0.15, 0.2) is 39.7 Å². The van der Waals surface area contributed by atoms with Crippen molar-refractivity contribution in [2.75, 3.05) is 5.32 Å². The number of hydrogen-bond acceptors (Lipinski definition) is 5. The lowest BCUT2D eigenvalue weighted by Gasteiger charge is -2.09. The van der Waals surface area contributed by atoms with E-state index in [1.165, 1.54) is 16.9 Å². The quantitative estimate of drug-likeness (QED) is 0.659. The van der Waals surface area contributed by atoms with Crippen molar-refractivity contribution in [3.8, 4) is 0 Å². The Hall–Kier alpha value is -2.22. The van der Waals surface area contributed by atoms with E-state index in [1.54, 1.807) is 18.2 Å². The molecule has 0 aliphatic rings. The van der Waals surface area contributed by atoms with Gasteiger partial charge in [-0.1, -0.05) is 18.2 Å². The lowest BCUT2D eigenvalue weighted by atomic mass is 10.2. The third-order valence-corrected chi connectivity index (χ3v) is 3.71. The van der Waals surface area contributed by atoms with Gasteiger partial charge in [-0.05, 0) is 22.9 Å². The van der Waals surface area contributed by atoms with E-state index in [2.05, 4.69) is 26.3 Å². The Labute approximate surface area is 128 Å². The molecule has 0 aliphatic heterocycles. The average Bonchev–Trinajstić information content (AvgIpc) is 2.49. The third-order valence-electron chi connectivity index (χ3n) is 2.94. The van der Waals surface area contributed by atoms with Crippen LogP contribution in [0.2, 0.25) is 0 Å². The van der Waals surface area contributed by atoms with Gasteiger partial charge < -0.3 is 5.32 Å². The molecule has 0 aliphatic carbocycles. The fraction of sp³-hybridized carbons (Fsp3) is 0.231. The summed E-state index contributed by atoms with van der Waals surface area (Å²) in [5.41, 5.74) is 0.831. The zero-order valence-corrected chi connectivity index (χ0v) is 12.8. The van der Waals surface area contributed by atoms with Crippen LogP contribution in [0.5, 0.6) is 0 Å². The van der Waals surface area contributed by atoms with E-state index < -0.39 is 4.92 Å². The Morgan fingerprint density at radius 1 is 1.43 bits per heavy atom. The number of aromatic nitrogens is 2. The van der Waals surface area contributed by atoms with Gasteiger partial charge in [-0.15, -0.1) is 0 Å². The van der Waals surface area contributed by atoms with Gasteiger partial charge in [0.15, 0.2) is 0 Å². The SMILES string of the molecule is CCn1ncc(NCc2ccccc2[N+](=O)[O-])c(Br)c1=O. The Balaban J connectivity index is 2.24. The number of benzene rings is 1. The summed E-state index contributed by atoms with van der Waals surface area (Å²) in [4.78, 5) is 22.4. The first-order chi connectivity index (χ1) is 10.0. The van der Waals surface area contributed by atoms with Crippen LogP contribution in [0, 0.1) is 10.1 Å². The summed E-state index contributed by atoms with van der Waals surface area (Å²) in [5.74, 6) is 0. The van der Waals surface area contributed by atoms with Crippen LogP contribution < -0.4 is 10.9 Å². The minimum Gasteiger partial charge on any atom is -0.378 e. The second-order valence-electron chi connectivity index (χ2n) is 4.23. The maximum absolute atomic E-state index is 11.9. The highest BCUT2D eigenvalue weighted by Crippen LogP contribution is 2.21. The van der Waals surface area contributed by atoms with E-state index in [-0.39, 0.29) is 17.8 Å². The minimum absolute atomic E-state index is 0.0379. The molecule has 2 aromatic rings. The number of aryl methyl sites for hydroxylation is 1. The van der Waals surface area contributed by atoms with Gasteiger partial charge in [0.2, 0.25) is 0 Å². The van der Waals surface area contributed by atoms with Gasteiger partial charge >= 0.3 is 0 Å². The molecular weight excluding hydrogens is 340 g/mol. The van der Waals surface area contributed by atoms with Gasteiger partial charge in [-0.3, -0.25) is 14.9 Å². The number of para-hydroxylation sites is 1. The highest BCUT2D eigenvalue weighted by Gasteiger charge is 2.13. The smallest absolute Gasteiger partial charge is 0.283 e. The molecule has 0 spiro atoms. The van der Waals surface area contributed by atoms with Crippen LogP contribution in [-0.4, -0.2) is 14.7 Å². The van der Waals surface area contributed by atoms with Crippen molar-refractivity contribution in [1.82, 2.24) is 9.78 Å². The lowest BCUT2D eigenvalue weighted by Crippen LogP contribution is -2.23. The van der Waals surface area contributed by atoms with E-state index in [1.807, 2.05) is 6.92 Å². The molecule has 1 aromatic carbocycles. The summed E-state index contributed by atoms with van der Waals surface area (Å²) >= 11 is 3.22. The van der Waals surface area contributed by atoms with E-state index in [4.69, 9.17) is 0 Å². The van der Waals surface area contributed by atoms with Crippen LogP contribution in [-0.2, 0) is 13.1 Å². The predicted molar refractivity (Wildman–Crippen MR) is 82.3 cm³/mol. The number of nitro benzene ring substituents is 1. The molecule has 0 bridgehead atoms. The van der Waals surface area contributed by atoms with E-state index in [9.17, 15) is 14.9 Å². The molecule has 2 rings (SSSR count). The molecule has 7 nitrogen and oxygen atoms in total. The number of hydrogen-bond donors (Lipinski definition) is 1. The number of anilines is 1. The van der Waals surface area contributed by atoms with Crippen LogP contribution in [0.4, 0.5) is 11.4 Å². The monoisotopic (exact) mass is 352 g/mol. The van der Waals surface area contributed by atoms with Crippen molar-refractivity contribution < 1.29 is 4.92 Å². The summed E-state index contributed by atoms with van der Waals surface area (Å²) in [6.07, 6.45) is 1.52. The first-order valence-corrected chi connectivity index (χ1v) is 7.05. The molecule has 1 heterocycles. The molecule has 0 atom stereocenters. The molecule has 0 saturated carbocycles. The normalized spacial score (nSPS) is 10.4. The molecule has 0 saturated heterocycles. The fourth-order valence-electron chi connectivity index (χ4n) is 1.84. The summed E-state index contributed by atoms with van der Waals surface area (Å²) in [6.45, 7) is 2.52. The molecule has 1 aromatic heterocycles. The summed E-state index contributed by atoms with van der Waals surface area (Å²) in [6, 6.07) is 6.45. The number of nitrogens with zero attached hydrogens (tertiary/aromatic N) is 3. The van der Waals surface area contributed by atoms with Gasteiger partial charge in [0.05, 0.1) is 16.8 Å². The summed E-state index contributed by atoms with van der Waals surface area (Å²) in [7, 11) is 0. The minimum atomic E-state index is -0.431. The second-order valence-corrected chi connectivity index (χ2v) is 5.03. The average molecular weight is 353 g/mol. The number of halogens is 1.